The first-order chi connectivity index (χ1) is 16.7. The lowest BCUT2D eigenvalue weighted by Crippen LogP contribution is -2.37. The van der Waals surface area contributed by atoms with Crippen molar-refractivity contribution in [1.29, 1.82) is 0 Å². The number of nitrogens with one attached hydrogen (secondary N) is 1. The van der Waals surface area contributed by atoms with Crippen LogP contribution in [0.2, 0.25) is 0 Å². The van der Waals surface area contributed by atoms with Gasteiger partial charge in [0.2, 0.25) is 0 Å². The average molecular weight is 477 g/mol. The van der Waals surface area contributed by atoms with Gasteiger partial charge in [-0.1, -0.05) is 30.7 Å². The van der Waals surface area contributed by atoms with E-state index in [1.807, 2.05) is 42.5 Å². The van der Waals surface area contributed by atoms with E-state index >= 15 is 0 Å². The summed E-state index contributed by atoms with van der Waals surface area (Å²) in [5.41, 5.74) is 1.42. The topological polar surface area (TPSA) is 76.5 Å². The van der Waals surface area contributed by atoms with Crippen LogP contribution in [-0.4, -0.2) is 53.6 Å². The van der Waals surface area contributed by atoms with Crippen LogP contribution in [0.5, 0.6) is 5.75 Å². The molecule has 8 heteroatoms. The average Bonchev–Trinajstić information content (AvgIpc) is 3.28. The fourth-order valence-electron chi connectivity index (χ4n) is 4.69. The first kappa shape index (κ1) is 22.6. The summed E-state index contributed by atoms with van der Waals surface area (Å²) in [6.45, 7) is 3.92. The summed E-state index contributed by atoms with van der Waals surface area (Å²) in [4.78, 5) is 34.1. The van der Waals surface area contributed by atoms with Gasteiger partial charge >= 0.3 is 0 Å². The van der Waals surface area contributed by atoms with Crippen molar-refractivity contribution >= 4 is 38.2 Å². The fourth-order valence-corrected chi connectivity index (χ4v) is 5.90. The van der Waals surface area contributed by atoms with Gasteiger partial charge in [-0.15, -0.1) is 11.3 Å². The van der Waals surface area contributed by atoms with Gasteiger partial charge in [-0.05, 0) is 44.1 Å². The molecule has 1 fully saturated rings. The highest BCUT2D eigenvalue weighted by atomic mass is 32.1. The zero-order chi connectivity index (χ0) is 23.5. The number of methoxy groups -OCH3 is 1. The molecule has 0 atom stereocenters. The maximum Gasteiger partial charge on any atom is 0.265 e. The van der Waals surface area contributed by atoms with Gasteiger partial charge in [0.05, 0.1) is 29.6 Å². The number of aromatic nitrogens is 2. The number of fused-ring (bicyclic) bond motifs is 3. The molecule has 0 unspecified atom stereocenters. The summed E-state index contributed by atoms with van der Waals surface area (Å²) >= 11 is 1.32. The summed E-state index contributed by atoms with van der Waals surface area (Å²) in [5.74, 6) is 0.149. The van der Waals surface area contributed by atoms with E-state index < -0.39 is 0 Å². The summed E-state index contributed by atoms with van der Waals surface area (Å²) in [5, 5.41) is 4.40. The van der Waals surface area contributed by atoms with E-state index in [9.17, 15) is 9.59 Å². The first-order valence-electron chi connectivity index (χ1n) is 11.7. The smallest absolute Gasteiger partial charge is 0.265 e. The molecule has 1 aromatic carbocycles. The number of amides is 1. The summed E-state index contributed by atoms with van der Waals surface area (Å²) in [6.07, 6.45) is 5.44. The zero-order valence-electron chi connectivity index (χ0n) is 19.3. The largest absolute Gasteiger partial charge is 0.494 e. The molecule has 1 saturated heterocycles. The number of carbonyl (C=O) groups is 1. The van der Waals surface area contributed by atoms with E-state index in [1.165, 1.54) is 37.7 Å². The number of thiophene rings is 1. The Bertz CT molecular complexity index is 1370. The van der Waals surface area contributed by atoms with Crippen LogP contribution in [0.4, 0.5) is 0 Å². The molecule has 4 aromatic rings. The van der Waals surface area contributed by atoms with E-state index in [1.54, 1.807) is 10.8 Å². The number of likely N-dealkylation sites (tertiary alicyclic amines) is 1. The number of ether oxygens (including phenoxy) is 1. The molecule has 0 spiro atoms. The van der Waals surface area contributed by atoms with Crippen LogP contribution >= 0.6 is 11.3 Å². The molecule has 1 amide bonds. The number of piperidine rings is 1. The molecule has 0 aliphatic carbocycles. The van der Waals surface area contributed by atoms with Gasteiger partial charge in [-0.3, -0.25) is 14.6 Å². The Morgan fingerprint density at radius 2 is 1.91 bits per heavy atom. The van der Waals surface area contributed by atoms with Crippen molar-refractivity contribution in [2.75, 3.05) is 33.3 Å². The molecule has 4 heterocycles. The standard InChI is InChI=1S/C26H28N4O3S/c1-33-22-21-23(34-24(22)25(31)28-13-16-29-14-7-2-8-15-29)19-10-3-4-11-20(19)30(26(21)32)17-18-9-5-6-12-27-18/h3-6,9-12H,2,7-8,13-17H2,1H3,(H,28,31). The van der Waals surface area contributed by atoms with Crippen molar-refractivity contribution in [3.63, 3.8) is 0 Å². The van der Waals surface area contributed by atoms with Gasteiger partial charge < -0.3 is 19.5 Å². The van der Waals surface area contributed by atoms with E-state index in [-0.39, 0.29) is 11.5 Å². The minimum absolute atomic E-state index is 0.181. The lowest BCUT2D eigenvalue weighted by molar-refractivity contribution is 0.0948. The Labute approximate surface area is 202 Å². The highest BCUT2D eigenvalue weighted by molar-refractivity contribution is 7.22. The molecule has 1 aliphatic rings. The lowest BCUT2D eigenvalue weighted by atomic mass is 10.1. The molecule has 34 heavy (non-hydrogen) atoms. The molecule has 0 bridgehead atoms. The monoisotopic (exact) mass is 476 g/mol. The van der Waals surface area contributed by atoms with Gasteiger partial charge in [-0.2, -0.15) is 0 Å². The van der Waals surface area contributed by atoms with Crippen LogP contribution in [-0.2, 0) is 6.54 Å². The van der Waals surface area contributed by atoms with Gasteiger partial charge in [0.15, 0.2) is 5.75 Å². The molecular formula is C26H28N4O3S. The van der Waals surface area contributed by atoms with Gasteiger partial charge in [0, 0.05) is 24.7 Å². The predicted octanol–water partition coefficient (Wildman–Crippen LogP) is 3.88. The van der Waals surface area contributed by atoms with Gasteiger partial charge in [0.25, 0.3) is 11.5 Å². The highest BCUT2D eigenvalue weighted by Gasteiger charge is 2.25. The number of nitrogens with zero attached hydrogens (tertiary/aromatic N) is 3. The Morgan fingerprint density at radius 1 is 1.12 bits per heavy atom. The number of hydrogen-bond donors (Lipinski definition) is 1. The van der Waals surface area contributed by atoms with Crippen LogP contribution in [0.1, 0.15) is 34.6 Å². The third-order valence-corrected chi connectivity index (χ3v) is 7.58. The van der Waals surface area contributed by atoms with Gasteiger partial charge in [-0.25, -0.2) is 0 Å². The molecule has 176 valence electrons. The molecule has 1 N–H and O–H groups in total. The molecule has 0 saturated carbocycles. The number of hydrogen-bond acceptors (Lipinski definition) is 6. The number of carbonyl (C=O) groups excluding carboxylic acids is 1. The molecule has 5 rings (SSSR count). The molecular weight excluding hydrogens is 448 g/mol. The molecule has 0 radical (unpaired) electrons. The third kappa shape index (κ3) is 4.31. The van der Waals surface area contributed by atoms with Crippen molar-refractivity contribution in [2.24, 2.45) is 0 Å². The summed E-state index contributed by atoms with van der Waals surface area (Å²) in [7, 11) is 1.52. The molecule has 3 aromatic heterocycles. The Morgan fingerprint density at radius 3 is 2.68 bits per heavy atom. The van der Waals surface area contributed by atoms with Crippen LogP contribution in [0, 0.1) is 0 Å². The highest BCUT2D eigenvalue weighted by Crippen LogP contribution is 2.39. The lowest BCUT2D eigenvalue weighted by Gasteiger charge is -2.26. The second-order valence-corrected chi connectivity index (χ2v) is 9.58. The van der Waals surface area contributed by atoms with E-state index in [2.05, 4.69) is 15.2 Å². The minimum atomic E-state index is -0.199. The minimum Gasteiger partial charge on any atom is -0.494 e. The predicted molar refractivity (Wildman–Crippen MR) is 136 cm³/mol. The van der Waals surface area contributed by atoms with Crippen LogP contribution in [0.15, 0.2) is 53.5 Å². The van der Waals surface area contributed by atoms with E-state index in [4.69, 9.17) is 4.74 Å². The van der Waals surface area contributed by atoms with E-state index in [0.717, 1.165) is 40.9 Å². The Kier molecular flexibility index (Phi) is 6.60. The number of benzene rings is 1. The normalized spacial score (nSPS) is 14.5. The SMILES string of the molecule is COc1c(C(=O)NCCN2CCCCC2)sc2c1c(=O)n(Cc1ccccn1)c1ccccc21. The fraction of sp³-hybridized carbons (Fsp3) is 0.346. The third-order valence-electron chi connectivity index (χ3n) is 6.38. The molecule has 7 nitrogen and oxygen atoms in total. The second kappa shape index (κ2) is 9.95. The van der Waals surface area contributed by atoms with Crippen molar-refractivity contribution in [3.05, 3.63) is 69.6 Å². The quantitative estimate of drug-likeness (QED) is 0.438. The van der Waals surface area contributed by atoms with Crippen LogP contribution < -0.4 is 15.6 Å². The maximum absolute atomic E-state index is 13.7. The van der Waals surface area contributed by atoms with Crippen LogP contribution in [0.25, 0.3) is 21.0 Å². The summed E-state index contributed by atoms with van der Waals surface area (Å²) in [6, 6.07) is 13.4. The molecule has 1 aliphatic heterocycles. The number of rotatable bonds is 7. The van der Waals surface area contributed by atoms with Crippen molar-refractivity contribution in [2.45, 2.75) is 25.8 Å². The second-order valence-electron chi connectivity index (χ2n) is 8.56. The number of pyridine rings is 2. The van der Waals surface area contributed by atoms with Crippen LogP contribution in [0.3, 0.4) is 0 Å². The van der Waals surface area contributed by atoms with Crippen molar-refractivity contribution in [1.82, 2.24) is 19.8 Å². The van der Waals surface area contributed by atoms with E-state index in [0.29, 0.717) is 29.1 Å². The van der Waals surface area contributed by atoms with Gasteiger partial charge in [0.1, 0.15) is 10.3 Å². The number of para-hydroxylation sites is 1. The summed E-state index contributed by atoms with van der Waals surface area (Å²) < 4.78 is 8.15. The zero-order valence-corrected chi connectivity index (χ0v) is 20.1. The Balaban J connectivity index is 1.53. The first-order valence-corrected chi connectivity index (χ1v) is 12.5. The Hall–Kier alpha value is -3.23. The maximum atomic E-state index is 13.7. The van der Waals surface area contributed by atoms with Crippen molar-refractivity contribution in [3.8, 4) is 5.75 Å². The van der Waals surface area contributed by atoms with Crippen molar-refractivity contribution < 1.29 is 9.53 Å².